The summed E-state index contributed by atoms with van der Waals surface area (Å²) < 4.78 is 11.1. The first-order chi connectivity index (χ1) is 16.5. The molecule has 0 aromatic heterocycles. The molecule has 2 aromatic carbocycles. The van der Waals surface area contributed by atoms with E-state index >= 15 is 0 Å². The largest absolute Gasteiger partial charge is 0.481 e. The Balaban J connectivity index is 1.32. The average Bonchev–Trinajstić information content (AvgIpc) is 3.42. The van der Waals surface area contributed by atoms with E-state index in [1.165, 1.54) is 0 Å². The molecule has 3 atom stereocenters. The van der Waals surface area contributed by atoms with Crippen LogP contribution in [0.2, 0.25) is 0 Å². The number of carboxylic acid groups (broad SMARTS) is 1. The summed E-state index contributed by atoms with van der Waals surface area (Å²) in [4.78, 5) is 36.1. The van der Waals surface area contributed by atoms with Crippen molar-refractivity contribution in [1.29, 1.82) is 0 Å². The van der Waals surface area contributed by atoms with Gasteiger partial charge in [0.25, 0.3) is 5.91 Å². The molecule has 2 amide bonds. The minimum atomic E-state index is -0.895. The second-order valence-corrected chi connectivity index (χ2v) is 8.77. The lowest BCUT2D eigenvalue weighted by Gasteiger charge is -2.21. The van der Waals surface area contributed by atoms with Gasteiger partial charge in [0.1, 0.15) is 6.61 Å². The summed E-state index contributed by atoms with van der Waals surface area (Å²) in [6, 6.07) is 15.7. The first-order valence-corrected chi connectivity index (χ1v) is 11.7. The molecule has 1 fully saturated rings. The van der Waals surface area contributed by atoms with Crippen LogP contribution in [-0.4, -0.2) is 55.0 Å². The Morgan fingerprint density at radius 1 is 1.09 bits per heavy atom. The van der Waals surface area contributed by atoms with Crippen LogP contribution in [0, 0.1) is 5.92 Å². The van der Waals surface area contributed by atoms with Crippen molar-refractivity contribution in [3.63, 3.8) is 0 Å². The predicted octanol–water partition coefficient (Wildman–Crippen LogP) is 3.30. The molecule has 8 nitrogen and oxygen atoms in total. The first-order valence-electron chi connectivity index (χ1n) is 11.7. The van der Waals surface area contributed by atoms with Crippen LogP contribution in [0.1, 0.15) is 43.2 Å². The van der Waals surface area contributed by atoms with Crippen LogP contribution >= 0.6 is 0 Å². The lowest BCUT2D eigenvalue weighted by Crippen LogP contribution is -2.49. The number of carboxylic acids is 1. The number of alkyl carbamates (subject to hydrolysis) is 1. The number of carbonyl (C=O) groups is 3. The number of ether oxygens (including phenoxy) is 2. The number of rotatable bonds is 9. The number of hydrogen-bond donors (Lipinski definition) is 3. The van der Waals surface area contributed by atoms with Gasteiger partial charge in [-0.2, -0.15) is 0 Å². The molecule has 1 saturated heterocycles. The highest BCUT2D eigenvalue weighted by molar-refractivity contribution is 5.83. The minimum absolute atomic E-state index is 0.0102. The molecule has 0 bridgehead atoms. The normalized spacial score (nSPS) is 19.7. The zero-order chi connectivity index (χ0) is 24.1. The maximum Gasteiger partial charge on any atom is 0.407 e. The molecule has 1 unspecified atom stereocenters. The van der Waals surface area contributed by atoms with Gasteiger partial charge >= 0.3 is 12.1 Å². The fourth-order valence-corrected chi connectivity index (χ4v) is 4.74. The van der Waals surface area contributed by atoms with Crippen LogP contribution in [0.25, 0.3) is 11.1 Å². The smallest absolute Gasteiger partial charge is 0.407 e. The Morgan fingerprint density at radius 2 is 1.74 bits per heavy atom. The van der Waals surface area contributed by atoms with Crippen LogP contribution in [0.4, 0.5) is 4.79 Å². The van der Waals surface area contributed by atoms with Crippen molar-refractivity contribution in [1.82, 2.24) is 10.6 Å². The van der Waals surface area contributed by atoms with E-state index in [0.717, 1.165) is 22.3 Å². The first kappa shape index (κ1) is 23.8. The van der Waals surface area contributed by atoms with E-state index in [9.17, 15) is 14.4 Å². The SMILES string of the molecule is CCC(CNC(=O)[C@@H]1OCC[C@@H]1NC(=O)OCC1c2ccccc2-c2ccccc21)CC(=O)O. The van der Waals surface area contributed by atoms with Gasteiger partial charge < -0.3 is 25.2 Å². The number of carbonyl (C=O) groups excluding carboxylic acids is 2. The lowest BCUT2D eigenvalue weighted by molar-refractivity contribution is -0.138. The van der Waals surface area contributed by atoms with E-state index in [0.29, 0.717) is 19.4 Å². The number of amides is 2. The standard InChI is InChI=1S/C26H30N2O6/c1-2-16(13-23(29)30)14-27-25(31)24-22(11-12-33-24)28-26(32)34-15-21-19-9-5-3-7-17(19)18-8-4-6-10-20(18)21/h3-10,16,21-22,24H,2,11-15H2,1H3,(H,27,31)(H,28,32)(H,29,30)/t16?,22-,24+/m0/s1. The van der Waals surface area contributed by atoms with Crippen molar-refractivity contribution in [3.8, 4) is 11.1 Å². The van der Waals surface area contributed by atoms with Crippen molar-refractivity contribution in [2.75, 3.05) is 19.8 Å². The fourth-order valence-electron chi connectivity index (χ4n) is 4.74. The zero-order valence-corrected chi connectivity index (χ0v) is 19.2. The van der Waals surface area contributed by atoms with Gasteiger partial charge in [0.15, 0.2) is 6.10 Å². The third-order valence-corrected chi connectivity index (χ3v) is 6.60. The van der Waals surface area contributed by atoms with Gasteiger partial charge in [-0.1, -0.05) is 61.9 Å². The molecule has 0 saturated carbocycles. The molecule has 3 N–H and O–H groups in total. The van der Waals surface area contributed by atoms with Gasteiger partial charge in [-0.05, 0) is 34.6 Å². The highest BCUT2D eigenvalue weighted by atomic mass is 16.6. The summed E-state index contributed by atoms with van der Waals surface area (Å²) in [6.07, 6.45) is -0.298. The predicted molar refractivity (Wildman–Crippen MR) is 125 cm³/mol. The Labute approximate surface area is 198 Å². The second-order valence-electron chi connectivity index (χ2n) is 8.77. The minimum Gasteiger partial charge on any atom is -0.481 e. The van der Waals surface area contributed by atoms with Crippen molar-refractivity contribution >= 4 is 18.0 Å². The molecular formula is C26H30N2O6. The van der Waals surface area contributed by atoms with E-state index in [1.54, 1.807) is 0 Å². The summed E-state index contributed by atoms with van der Waals surface area (Å²) in [5.74, 6) is -1.45. The highest BCUT2D eigenvalue weighted by Crippen LogP contribution is 2.44. The second kappa shape index (κ2) is 10.7. The van der Waals surface area contributed by atoms with Crippen LogP contribution in [0.3, 0.4) is 0 Å². The van der Waals surface area contributed by atoms with Crippen molar-refractivity contribution in [2.45, 2.75) is 44.2 Å². The van der Waals surface area contributed by atoms with Crippen molar-refractivity contribution < 1.29 is 29.0 Å². The Hall–Kier alpha value is -3.39. The molecule has 1 aliphatic carbocycles. The maximum absolute atomic E-state index is 12.6. The molecule has 0 spiro atoms. The van der Waals surface area contributed by atoms with Crippen LogP contribution in [-0.2, 0) is 19.1 Å². The summed E-state index contributed by atoms with van der Waals surface area (Å²) in [5.41, 5.74) is 4.57. The quantitative estimate of drug-likeness (QED) is 0.523. The Kier molecular flexibility index (Phi) is 7.47. The maximum atomic E-state index is 12.6. The van der Waals surface area contributed by atoms with E-state index in [1.807, 2.05) is 31.2 Å². The highest BCUT2D eigenvalue weighted by Gasteiger charge is 2.36. The van der Waals surface area contributed by atoms with Crippen LogP contribution in [0.15, 0.2) is 48.5 Å². The molecule has 2 aromatic rings. The van der Waals surface area contributed by atoms with Gasteiger partial charge in [0.2, 0.25) is 0 Å². The van der Waals surface area contributed by atoms with Gasteiger partial charge in [-0.15, -0.1) is 0 Å². The number of aliphatic carboxylic acids is 1. The third kappa shape index (κ3) is 5.22. The van der Waals surface area contributed by atoms with Gasteiger partial charge in [0.05, 0.1) is 6.04 Å². The Morgan fingerprint density at radius 3 is 2.35 bits per heavy atom. The van der Waals surface area contributed by atoms with E-state index in [2.05, 4.69) is 34.9 Å². The molecule has 180 valence electrons. The molecule has 8 heteroatoms. The van der Waals surface area contributed by atoms with Gasteiger partial charge in [-0.3, -0.25) is 9.59 Å². The molecule has 1 aliphatic heterocycles. The summed E-state index contributed by atoms with van der Waals surface area (Å²) in [7, 11) is 0. The van der Waals surface area contributed by atoms with Gasteiger partial charge in [-0.25, -0.2) is 4.79 Å². The third-order valence-electron chi connectivity index (χ3n) is 6.60. The number of fused-ring (bicyclic) bond motifs is 3. The van der Waals surface area contributed by atoms with E-state index < -0.39 is 24.2 Å². The Bertz CT molecular complexity index is 1010. The number of nitrogens with one attached hydrogen (secondary N) is 2. The number of hydrogen-bond acceptors (Lipinski definition) is 5. The van der Waals surface area contributed by atoms with E-state index in [4.69, 9.17) is 14.6 Å². The number of benzene rings is 2. The molecule has 0 radical (unpaired) electrons. The molecule has 34 heavy (non-hydrogen) atoms. The molecule has 2 aliphatic rings. The summed E-state index contributed by atoms with van der Waals surface area (Å²) in [6.45, 7) is 2.67. The monoisotopic (exact) mass is 466 g/mol. The van der Waals surface area contributed by atoms with Crippen molar-refractivity contribution in [3.05, 3.63) is 59.7 Å². The van der Waals surface area contributed by atoms with E-state index in [-0.39, 0.29) is 37.3 Å². The fraction of sp³-hybridized carbons (Fsp3) is 0.423. The van der Waals surface area contributed by atoms with Crippen LogP contribution in [0.5, 0.6) is 0 Å². The molecule has 4 rings (SSSR count). The lowest BCUT2D eigenvalue weighted by atomic mass is 9.98. The summed E-state index contributed by atoms with van der Waals surface area (Å²) in [5, 5.41) is 14.5. The molecule has 1 heterocycles. The van der Waals surface area contributed by atoms with Crippen LogP contribution < -0.4 is 10.6 Å². The average molecular weight is 467 g/mol. The van der Waals surface area contributed by atoms with Crippen molar-refractivity contribution in [2.24, 2.45) is 5.92 Å². The molecular weight excluding hydrogens is 436 g/mol. The summed E-state index contributed by atoms with van der Waals surface area (Å²) >= 11 is 0. The van der Waals surface area contributed by atoms with Gasteiger partial charge in [0, 0.05) is 25.5 Å². The zero-order valence-electron chi connectivity index (χ0n) is 19.2. The topological polar surface area (TPSA) is 114 Å².